The number of aliphatic carboxylic acids is 1. The summed E-state index contributed by atoms with van der Waals surface area (Å²) in [7, 11) is 0. The van der Waals surface area contributed by atoms with Crippen molar-refractivity contribution >= 4 is 17.5 Å². The van der Waals surface area contributed by atoms with Gasteiger partial charge in [0, 0.05) is 23.9 Å². The van der Waals surface area contributed by atoms with Crippen LogP contribution >= 0.6 is 0 Å². The summed E-state index contributed by atoms with van der Waals surface area (Å²) in [5.74, 6) is -0.355. The lowest BCUT2D eigenvalue weighted by atomic mass is 9.85. The van der Waals surface area contributed by atoms with Gasteiger partial charge in [-0.05, 0) is 50.5 Å². The number of rotatable bonds is 7. The second-order valence-corrected chi connectivity index (χ2v) is 8.39. The van der Waals surface area contributed by atoms with E-state index in [2.05, 4.69) is 15.5 Å². The molecule has 1 fully saturated rings. The van der Waals surface area contributed by atoms with Gasteiger partial charge >= 0.3 is 5.97 Å². The number of hydrogen-bond donors (Lipinski definition) is 2. The second-order valence-electron chi connectivity index (χ2n) is 8.39. The molecule has 1 saturated carbocycles. The van der Waals surface area contributed by atoms with E-state index in [1.54, 1.807) is 32.0 Å². The summed E-state index contributed by atoms with van der Waals surface area (Å²) in [6, 6.07) is 13.0. The molecule has 0 saturated heterocycles. The fourth-order valence-electron chi connectivity index (χ4n) is 3.89. The number of nitrogens with one attached hydrogen (secondary N) is 1. The van der Waals surface area contributed by atoms with E-state index in [9.17, 15) is 14.7 Å². The van der Waals surface area contributed by atoms with Crippen LogP contribution in [0.4, 0.5) is 0 Å². The Morgan fingerprint density at radius 2 is 1.94 bits per heavy atom. The maximum absolute atomic E-state index is 12.2. The topological polar surface area (TPSA) is 120 Å². The van der Waals surface area contributed by atoms with E-state index in [1.807, 2.05) is 34.9 Å². The van der Waals surface area contributed by atoms with Crippen LogP contribution in [0.2, 0.25) is 0 Å². The number of carboxylic acids is 1. The van der Waals surface area contributed by atoms with Crippen molar-refractivity contribution in [2.45, 2.75) is 43.9 Å². The predicted molar refractivity (Wildman–Crippen MR) is 113 cm³/mol. The Labute approximate surface area is 179 Å². The van der Waals surface area contributed by atoms with Gasteiger partial charge in [-0.25, -0.2) is 0 Å². The molecular formula is C23H23N5O3. The summed E-state index contributed by atoms with van der Waals surface area (Å²) in [5.41, 5.74) is 1.34. The molecule has 2 N–H and O–H groups in total. The SMILES string of the molecule is CC(C)(C(=O)O)c1cccn2c(C3(c4ccc(C(=O)NCCC#N)cc4)CC3)nnc12. The Kier molecular flexibility index (Phi) is 4.97. The number of carboxylic acid groups (broad SMARTS) is 1. The molecule has 0 radical (unpaired) electrons. The minimum absolute atomic E-state index is 0.208. The summed E-state index contributed by atoms with van der Waals surface area (Å²) in [6.07, 6.45) is 3.93. The first-order valence-corrected chi connectivity index (χ1v) is 10.1. The van der Waals surface area contributed by atoms with Crippen molar-refractivity contribution in [3.8, 4) is 6.07 Å². The lowest BCUT2D eigenvalue weighted by molar-refractivity contribution is -0.142. The summed E-state index contributed by atoms with van der Waals surface area (Å²) in [5, 5.41) is 29.8. The fraction of sp³-hybridized carbons (Fsp3) is 0.348. The van der Waals surface area contributed by atoms with Gasteiger partial charge in [0.2, 0.25) is 0 Å². The molecule has 1 aliphatic carbocycles. The van der Waals surface area contributed by atoms with Gasteiger partial charge < -0.3 is 10.4 Å². The molecule has 8 nitrogen and oxygen atoms in total. The van der Waals surface area contributed by atoms with Gasteiger partial charge in [0.25, 0.3) is 5.91 Å². The number of pyridine rings is 1. The molecule has 1 aliphatic rings. The quantitative estimate of drug-likeness (QED) is 0.570. The molecule has 0 spiro atoms. The lowest BCUT2D eigenvalue weighted by Crippen LogP contribution is -2.29. The molecule has 1 aromatic carbocycles. The number of benzene rings is 1. The zero-order valence-electron chi connectivity index (χ0n) is 17.4. The molecule has 31 heavy (non-hydrogen) atoms. The first-order valence-electron chi connectivity index (χ1n) is 10.1. The molecule has 0 bridgehead atoms. The molecule has 1 amide bonds. The Morgan fingerprint density at radius 1 is 1.23 bits per heavy atom. The van der Waals surface area contributed by atoms with E-state index >= 15 is 0 Å². The van der Waals surface area contributed by atoms with Crippen LogP contribution in [0.3, 0.4) is 0 Å². The highest BCUT2D eigenvalue weighted by Gasteiger charge is 2.50. The minimum atomic E-state index is -1.09. The second kappa shape index (κ2) is 7.51. The maximum Gasteiger partial charge on any atom is 0.313 e. The van der Waals surface area contributed by atoms with Crippen molar-refractivity contribution in [2.75, 3.05) is 6.54 Å². The number of aromatic nitrogens is 3. The molecule has 0 unspecified atom stereocenters. The number of carbonyl (C=O) groups excluding carboxylic acids is 1. The summed E-state index contributed by atoms with van der Waals surface area (Å²) in [4.78, 5) is 24.0. The third-order valence-corrected chi connectivity index (χ3v) is 6.04. The monoisotopic (exact) mass is 417 g/mol. The molecular weight excluding hydrogens is 394 g/mol. The molecule has 2 heterocycles. The minimum Gasteiger partial charge on any atom is -0.481 e. The number of carbonyl (C=O) groups is 2. The molecule has 2 aromatic heterocycles. The first-order chi connectivity index (χ1) is 14.8. The Balaban J connectivity index is 1.67. The largest absolute Gasteiger partial charge is 0.481 e. The zero-order chi connectivity index (χ0) is 22.2. The Hall–Kier alpha value is -3.73. The maximum atomic E-state index is 12.2. The van der Waals surface area contributed by atoms with Crippen LogP contribution in [0.25, 0.3) is 5.65 Å². The predicted octanol–water partition coefficient (Wildman–Crippen LogP) is 2.81. The highest BCUT2D eigenvalue weighted by Crippen LogP contribution is 2.52. The number of nitrogens with zero attached hydrogens (tertiary/aromatic N) is 4. The van der Waals surface area contributed by atoms with Crippen molar-refractivity contribution in [2.24, 2.45) is 0 Å². The number of nitriles is 1. The number of hydrogen-bond acceptors (Lipinski definition) is 5. The standard InChI is InChI=1S/C23H23N5O3/c1-22(2,21(30)31)17-5-3-14-28-18(17)26-27-20(28)23(10-11-23)16-8-6-15(7-9-16)19(29)25-13-4-12-24/h3,5-9,14H,4,10-11,13H2,1-2H3,(H,25,29)(H,30,31). The van der Waals surface area contributed by atoms with Crippen LogP contribution in [0.5, 0.6) is 0 Å². The summed E-state index contributed by atoms with van der Waals surface area (Å²) >= 11 is 0. The van der Waals surface area contributed by atoms with Crippen LogP contribution in [-0.2, 0) is 15.6 Å². The van der Waals surface area contributed by atoms with Crippen LogP contribution < -0.4 is 5.32 Å². The van der Waals surface area contributed by atoms with Gasteiger partial charge in [-0.1, -0.05) is 18.2 Å². The molecule has 0 aliphatic heterocycles. The zero-order valence-corrected chi connectivity index (χ0v) is 17.4. The van der Waals surface area contributed by atoms with Crippen LogP contribution in [0, 0.1) is 11.3 Å². The Morgan fingerprint density at radius 3 is 2.55 bits per heavy atom. The first kappa shape index (κ1) is 20.5. The summed E-state index contributed by atoms with van der Waals surface area (Å²) in [6.45, 7) is 3.64. The van der Waals surface area contributed by atoms with E-state index < -0.39 is 11.4 Å². The van der Waals surface area contributed by atoms with Crippen molar-refractivity contribution in [1.29, 1.82) is 5.26 Å². The van der Waals surface area contributed by atoms with Gasteiger partial charge in [0.1, 0.15) is 5.82 Å². The molecule has 8 heteroatoms. The number of amides is 1. The smallest absolute Gasteiger partial charge is 0.313 e. The van der Waals surface area contributed by atoms with E-state index in [0.717, 1.165) is 24.2 Å². The van der Waals surface area contributed by atoms with Crippen LogP contribution in [0.1, 0.15) is 60.4 Å². The van der Waals surface area contributed by atoms with Crippen molar-refractivity contribution in [3.05, 3.63) is 65.1 Å². The van der Waals surface area contributed by atoms with E-state index in [0.29, 0.717) is 23.3 Å². The molecule has 3 aromatic rings. The normalized spacial score (nSPS) is 14.7. The highest BCUT2D eigenvalue weighted by molar-refractivity contribution is 5.94. The van der Waals surface area contributed by atoms with Gasteiger partial charge in [-0.15, -0.1) is 10.2 Å². The van der Waals surface area contributed by atoms with Crippen molar-refractivity contribution in [1.82, 2.24) is 19.9 Å². The van der Waals surface area contributed by atoms with E-state index in [4.69, 9.17) is 5.26 Å². The van der Waals surface area contributed by atoms with Crippen LogP contribution in [0.15, 0.2) is 42.6 Å². The van der Waals surface area contributed by atoms with Gasteiger partial charge in [-0.2, -0.15) is 5.26 Å². The average Bonchev–Trinajstić information content (AvgIpc) is 3.45. The molecule has 158 valence electrons. The Bertz CT molecular complexity index is 1200. The lowest BCUT2D eigenvalue weighted by Gasteiger charge is -2.20. The molecule has 4 rings (SSSR count). The van der Waals surface area contributed by atoms with Crippen molar-refractivity contribution < 1.29 is 14.7 Å². The number of fused-ring (bicyclic) bond motifs is 1. The van der Waals surface area contributed by atoms with Gasteiger partial charge in [-0.3, -0.25) is 14.0 Å². The highest BCUT2D eigenvalue weighted by atomic mass is 16.4. The fourth-order valence-corrected chi connectivity index (χ4v) is 3.89. The van der Waals surface area contributed by atoms with E-state index in [-0.39, 0.29) is 17.7 Å². The average molecular weight is 417 g/mol. The van der Waals surface area contributed by atoms with Crippen LogP contribution in [-0.4, -0.2) is 38.1 Å². The third-order valence-electron chi connectivity index (χ3n) is 6.04. The van der Waals surface area contributed by atoms with Crippen molar-refractivity contribution in [3.63, 3.8) is 0 Å². The van der Waals surface area contributed by atoms with Gasteiger partial charge in [0.15, 0.2) is 5.65 Å². The molecule has 0 atom stereocenters. The third kappa shape index (κ3) is 3.42. The summed E-state index contributed by atoms with van der Waals surface area (Å²) < 4.78 is 1.88. The van der Waals surface area contributed by atoms with E-state index in [1.165, 1.54) is 0 Å². The van der Waals surface area contributed by atoms with Gasteiger partial charge in [0.05, 0.1) is 23.3 Å².